The smallest absolute Gasteiger partial charge is 0.124 e. The highest BCUT2D eigenvalue weighted by Gasteiger charge is 2.13. The van der Waals surface area contributed by atoms with Gasteiger partial charge in [0.05, 0.1) is 6.04 Å². The Balaban J connectivity index is 2.28. The van der Waals surface area contributed by atoms with Crippen molar-refractivity contribution in [1.29, 1.82) is 0 Å². The van der Waals surface area contributed by atoms with Crippen molar-refractivity contribution in [3.05, 3.63) is 35.0 Å². The lowest BCUT2D eigenvalue weighted by Crippen LogP contribution is -2.20. The molecule has 1 atom stereocenters. The van der Waals surface area contributed by atoms with Crippen molar-refractivity contribution in [2.24, 2.45) is 0 Å². The lowest BCUT2D eigenvalue weighted by atomic mass is 10.1. The van der Waals surface area contributed by atoms with Gasteiger partial charge in [-0.15, -0.1) is 23.2 Å². The molecule has 0 radical (unpaired) electrons. The molecule has 1 nitrogen and oxygen atoms in total. The Morgan fingerprint density at radius 3 is 2.95 bits per heavy atom. The van der Waals surface area contributed by atoms with Crippen LogP contribution >= 0.6 is 11.3 Å². The van der Waals surface area contributed by atoms with E-state index in [1.54, 1.807) is 17.4 Å². The van der Waals surface area contributed by atoms with Gasteiger partial charge >= 0.3 is 0 Å². The Labute approximate surface area is 117 Å². The number of thiophene rings is 1. The van der Waals surface area contributed by atoms with Crippen LogP contribution in [0, 0.1) is 17.7 Å². The molecule has 1 aromatic carbocycles. The Hall–Kier alpha value is -1.37. The van der Waals surface area contributed by atoms with E-state index in [0.29, 0.717) is 0 Å². The molecule has 0 bridgehead atoms. The van der Waals surface area contributed by atoms with Crippen molar-refractivity contribution in [3.63, 3.8) is 0 Å². The number of hydrogen-bond donors (Lipinski definition) is 1. The van der Waals surface area contributed by atoms with E-state index in [1.807, 2.05) is 13.0 Å². The molecule has 2 aromatic rings. The van der Waals surface area contributed by atoms with Crippen LogP contribution in [0.5, 0.6) is 0 Å². The van der Waals surface area contributed by atoms with Crippen LogP contribution in [-0.2, 0) is 0 Å². The van der Waals surface area contributed by atoms with Gasteiger partial charge < -0.3 is 5.32 Å². The molecule has 0 fully saturated rings. The molecule has 0 aliphatic heterocycles. The van der Waals surface area contributed by atoms with Gasteiger partial charge in [0.15, 0.2) is 0 Å². The van der Waals surface area contributed by atoms with Crippen LogP contribution in [0.15, 0.2) is 24.3 Å². The zero-order valence-corrected chi connectivity index (χ0v) is 12.1. The summed E-state index contributed by atoms with van der Waals surface area (Å²) in [7, 11) is 0. The molecular formula is C16H18FNS. The van der Waals surface area contributed by atoms with Gasteiger partial charge in [0.25, 0.3) is 0 Å². The lowest BCUT2D eigenvalue weighted by Gasteiger charge is -2.13. The van der Waals surface area contributed by atoms with Gasteiger partial charge in [-0.05, 0) is 43.5 Å². The van der Waals surface area contributed by atoms with Crippen molar-refractivity contribution in [2.75, 3.05) is 6.54 Å². The van der Waals surface area contributed by atoms with Crippen LogP contribution in [0.4, 0.5) is 4.39 Å². The fraction of sp³-hybridized carbons (Fsp3) is 0.375. The predicted molar refractivity (Wildman–Crippen MR) is 80.9 cm³/mol. The van der Waals surface area contributed by atoms with Gasteiger partial charge in [0.2, 0.25) is 0 Å². The number of halogens is 1. The van der Waals surface area contributed by atoms with Gasteiger partial charge in [-0.2, -0.15) is 0 Å². The largest absolute Gasteiger partial charge is 0.308 e. The second kappa shape index (κ2) is 6.70. The van der Waals surface area contributed by atoms with E-state index < -0.39 is 0 Å². The lowest BCUT2D eigenvalue weighted by molar-refractivity contribution is 0.550. The van der Waals surface area contributed by atoms with E-state index in [0.717, 1.165) is 29.5 Å². The van der Waals surface area contributed by atoms with E-state index in [4.69, 9.17) is 0 Å². The van der Waals surface area contributed by atoms with Crippen LogP contribution in [0.3, 0.4) is 0 Å². The maximum atomic E-state index is 13.2. The van der Waals surface area contributed by atoms with E-state index in [2.05, 4.69) is 30.1 Å². The maximum absolute atomic E-state index is 13.2. The highest BCUT2D eigenvalue weighted by molar-refractivity contribution is 7.19. The summed E-state index contributed by atoms with van der Waals surface area (Å²) in [5, 5.41) is 4.62. The topological polar surface area (TPSA) is 12.0 Å². The molecule has 0 saturated carbocycles. The van der Waals surface area contributed by atoms with Gasteiger partial charge in [-0.1, -0.05) is 13.0 Å². The molecule has 0 amide bonds. The average molecular weight is 275 g/mol. The minimum Gasteiger partial charge on any atom is -0.308 e. The van der Waals surface area contributed by atoms with Crippen LogP contribution in [0.2, 0.25) is 0 Å². The molecule has 19 heavy (non-hydrogen) atoms. The maximum Gasteiger partial charge on any atom is 0.124 e. The first-order chi connectivity index (χ1) is 9.24. The molecule has 2 rings (SSSR count). The highest BCUT2D eigenvalue weighted by Crippen LogP contribution is 2.31. The fourth-order valence-corrected chi connectivity index (χ4v) is 3.16. The summed E-state index contributed by atoms with van der Waals surface area (Å²) in [5.74, 6) is 5.90. The number of hydrogen-bond acceptors (Lipinski definition) is 2. The monoisotopic (exact) mass is 275 g/mol. The third-order valence-corrected chi connectivity index (χ3v) is 4.18. The molecule has 100 valence electrons. The van der Waals surface area contributed by atoms with E-state index in [1.165, 1.54) is 10.9 Å². The van der Waals surface area contributed by atoms with Gasteiger partial charge in [-0.25, -0.2) is 4.39 Å². The molecule has 1 aromatic heterocycles. The van der Waals surface area contributed by atoms with E-state index in [9.17, 15) is 4.39 Å². The first-order valence-corrected chi connectivity index (χ1v) is 7.38. The third-order valence-electron chi connectivity index (χ3n) is 2.97. The molecule has 3 heteroatoms. The molecular weight excluding hydrogens is 257 g/mol. The zero-order chi connectivity index (χ0) is 13.7. The summed E-state index contributed by atoms with van der Waals surface area (Å²) in [6.07, 6.45) is 1.89. The number of fused-ring (bicyclic) bond motifs is 1. The minimum absolute atomic E-state index is 0.174. The third kappa shape index (κ3) is 3.56. The first-order valence-electron chi connectivity index (χ1n) is 6.56. The second-order valence-electron chi connectivity index (χ2n) is 4.47. The van der Waals surface area contributed by atoms with Crippen LogP contribution in [-0.4, -0.2) is 6.54 Å². The molecule has 0 spiro atoms. The average Bonchev–Trinajstić information content (AvgIpc) is 2.81. The van der Waals surface area contributed by atoms with Crippen molar-refractivity contribution >= 4 is 21.4 Å². The number of rotatable bonds is 5. The van der Waals surface area contributed by atoms with Gasteiger partial charge in [0.1, 0.15) is 5.82 Å². The molecule has 0 saturated heterocycles. The predicted octanol–water partition coefficient (Wildman–Crippen LogP) is 4.49. The van der Waals surface area contributed by atoms with Crippen molar-refractivity contribution in [1.82, 2.24) is 5.32 Å². The van der Waals surface area contributed by atoms with Crippen LogP contribution < -0.4 is 5.32 Å². The zero-order valence-electron chi connectivity index (χ0n) is 11.3. The standard InChI is InChI=1S/C16H18FNS/c1-3-5-6-14(18-9-4-2)16-10-12-7-8-13(17)11-15(12)19-16/h7-8,10-11,14,18H,4,6,9H2,1-2H3. The minimum atomic E-state index is -0.174. The van der Waals surface area contributed by atoms with Crippen molar-refractivity contribution < 1.29 is 4.39 Å². The SMILES string of the molecule is CC#CCC(NCCC)c1cc2ccc(F)cc2s1. The van der Waals surface area contributed by atoms with Gasteiger partial charge in [-0.3, -0.25) is 0 Å². The Bertz CT molecular complexity index is 606. The summed E-state index contributed by atoms with van der Waals surface area (Å²) in [6.45, 7) is 4.98. The molecule has 1 N–H and O–H groups in total. The van der Waals surface area contributed by atoms with E-state index >= 15 is 0 Å². The molecule has 1 heterocycles. The summed E-state index contributed by atoms with van der Waals surface area (Å²) >= 11 is 1.65. The van der Waals surface area contributed by atoms with Crippen LogP contribution in [0.1, 0.15) is 37.6 Å². The Kier molecular flexibility index (Phi) is 4.95. The summed E-state index contributed by atoms with van der Waals surface area (Å²) in [5.41, 5.74) is 0. The van der Waals surface area contributed by atoms with Crippen LogP contribution in [0.25, 0.3) is 10.1 Å². The molecule has 0 aliphatic carbocycles. The van der Waals surface area contributed by atoms with Crippen molar-refractivity contribution in [3.8, 4) is 11.8 Å². The summed E-state index contributed by atoms with van der Waals surface area (Å²) in [6, 6.07) is 7.34. The second-order valence-corrected chi connectivity index (χ2v) is 5.58. The summed E-state index contributed by atoms with van der Waals surface area (Å²) < 4.78 is 14.2. The number of nitrogens with one attached hydrogen (secondary N) is 1. The highest BCUT2D eigenvalue weighted by atomic mass is 32.1. The quantitative estimate of drug-likeness (QED) is 0.792. The fourth-order valence-electron chi connectivity index (χ4n) is 1.99. The number of benzene rings is 1. The van der Waals surface area contributed by atoms with Gasteiger partial charge in [0, 0.05) is 16.0 Å². The van der Waals surface area contributed by atoms with E-state index in [-0.39, 0.29) is 11.9 Å². The molecule has 0 aliphatic rings. The summed E-state index contributed by atoms with van der Waals surface area (Å²) in [4.78, 5) is 1.23. The first kappa shape index (κ1) is 14.0. The van der Waals surface area contributed by atoms with Crippen molar-refractivity contribution in [2.45, 2.75) is 32.7 Å². The Morgan fingerprint density at radius 2 is 2.21 bits per heavy atom. The normalized spacial score (nSPS) is 12.2. The Morgan fingerprint density at radius 1 is 1.37 bits per heavy atom. The molecule has 1 unspecified atom stereocenters.